The highest BCUT2D eigenvalue weighted by molar-refractivity contribution is 5.67. The summed E-state index contributed by atoms with van der Waals surface area (Å²) in [6, 6.07) is 21.0. The van der Waals surface area contributed by atoms with Crippen LogP contribution in [0.5, 0.6) is 0 Å². The average Bonchev–Trinajstić information content (AvgIpc) is 3.37. The maximum Gasteiger partial charge on any atom is 0.123 e. The molecule has 0 spiro atoms. The Morgan fingerprint density at radius 1 is 1.07 bits per heavy atom. The van der Waals surface area contributed by atoms with Gasteiger partial charge in [0.1, 0.15) is 5.82 Å². The Hall–Kier alpha value is -2.92. The molecule has 5 heteroatoms. The van der Waals surface area contributed by atoms with Crippen LogP contribution in [0.15, 0.2) is 73.3 Å². The molecular formula is C24H29FN4. The number of likely N-dealkylation sites (tertiary alicyclic amines) is 1. The van der Waals surface area contributed by atoms with Gasteiger partial charge in [0.05, 0.1) is 17.1 Å². The van der Waals surface area contributed by atoms with Crippen LogP contribution in [0.1, 0.15) is 12.1 Å². The first-order chi connectivity index (χ1) is 14.0. The summed E-state index contributed by atoms with van der Waals surface area (Å²) in [7, 11) is 6.29. The number of likely N-dealkylation sites (N-methyl/N-ethyl adjacent to an activating group) is 1. The van der Waals surface area contributed by atoms with Gasteiger partial charge in [-0.05, 0) is 38.7 Å². The van der Waals surface area contributed by atoms with Gasteiger partial charge in [-0.2, -0.15) is 5.10 Å². The van der Waals surface area contributed by atoms with Gasteiger partial charge in [-0.15, -0.1) is 0 Å². The van der Waals surface area contributed by atoms with Crippen molar-refractivity contribution in [1.29, 1.82) is 0 Å². The van der Waals surface area contributed by atoms with Crippen molar-refractivity contribution < 1.29 is 4.39 Å². The third-order valence-corrected chi connectivity index (χ3v) is 5.25. The van der Waals surface area contributed by atoms with Crippen LogP contribution < -0.4 is 0 Å². The molecule has 1 aromatic heterocycles. The standard InChI is InChI=1S/C18H24N4.C6H5F/c1-14(22-11-10-16(13-22)20(2)3)18-12-17(19-21(18)4)15-8-6-5-7-9-15;7-6-4-2-1-3-5-6/h5-9,12,16H,1,10-11,13H2,2-4H3;1-5H. The Bertz CT molecular complexity index is 919. The molecule has 29 heavy (non-hydrogen) atoms. The molecule has 3 aromatic rings. The van der Waals surface area contributed by atoms with Crippen LogP contribution in [-0.2, 0) is 7.05 Å². The van der Waals surface area contributed by atoms with Gasteiger partial charge in [0.2, 0.25) is 0 Å². The Labute approximate surface area is 172 Å². The molecular weight excluding hydrogens is 363 g/mol. The van der Waals surface area contributed by atoms with Crippen LogP contribution in [0.25, 0.3) is 17.0 Å². The maximum absolute atomic E-state index is 11.9. The van der Waals surface area contributed by atoms with Gasteiger partial charge in [0, 0.05) is 31.7 Å². The summed E-state index contributed by atoms with van der Waals surface area (Å²) < 4.78 is 13.8. The number of benzene rings is 2. The summed E-state index contributed by atoms with van der Waals surface area (Å²) >= 11 is 0. The largest absolute Gasteiger partial charge is 0.369 e. The lowest BCUT2D eigenvalue weighted by Crippen LogP contribution is -2.31. The van der Waals surface area contributed by atoms with E-state index < -0.39 is 0 Å². The zero-order valence-electron chi connectivity index (χ0n) is 17.4. The lowest BCUT2D eigenvalue weighted by atomic mass is 10.1. The van der Waals surface area contributed by atoms with Crippen molar-refractivity contribution in [2.75, 3.05) is 27.2 Å². The second-order valence-electron chi connectivity index (χ2n) is 7.50. The molecule has 0 aliphatic carbocycles. The van der Waals surface area contributed by atoms with Crippen molar-refractivity contribution in [3.63, 3.8) is 0 Å². The molecule has 0 amide bonds. The van der Waals surface area contributed by atoms with Crippen molar-refractivity contribution in [2.45, 2.75) is 12.5 Å². The SMILES string of the molecule is C=C(c1cc(-c2ccccc2)nn1C)N1CCC(N(C)C)C1.Fc1ccccc1. The maximum atomic E-state index is 11.9. The number of rotatable bonds is 4. The fourth-order valence-corrected chi connectivity index (χ4v) is 3.47. The number of halogens is 1. The van der Waals surface area contributed by atoms with E-state index >= 15 is 0 Å². The van der Waals surface area contributed by atoms with E-state index in [1.54, 1.807) is 18.2 Å². The molecule has 0 saturated carbocycles. The van der Waals surface area contributed by atoms with Crippen LogP contribution in [0.4, 0.5) is 4.39 Å². The Morgan fingerprint density at radius 2 is 1.69 bits per heavy atom. The molecule has 1 fully saturated rings. The summed E-state index contributed by atoms with van der Waals surface area (Å²) in [6.45, 7) is 6.42. The summed E-state index contributed by atoms with van der Waals surface area (Å²) in [5.41, 5.74) is 4.31. The predicted molar refractivity (Wildman–Crippen MR) is 118 cm³/mol. The van der Waals surface area contributed by atoms with Crippen LogP contribution >= 0.6 is 0 Å². The molecule has 0 bridgehead atoms. The summed E-state index contributed by atoms with van der Waals surface area (Å²) in [6.07, 6.45) is 1.19. The predicted octanol–water partition coefficient (Wildman–Crippen LogP) is 4.52. The van der Waals surface area contributed by atoms with E-state index in [9.17, 15) is 4.39 Å². The molecule has 4 rings (SSSR count). The monoisotopic (exact) mass is 392 g/mol. The van der Waals surface area contributed by atoms with Crippen LogP contribution in [0.3, 0.4) is 0 Å². The molecule has 2 aromatic carbocycles. The molecule has 1 atom stereocenters. The molecule has 0 N–H and O–H groups in total. The zero-order chi connectivity index (χ0) is 20.8. The molecule has 1 saturated heterocycles. The average molecular weight is 393 g/mol. The summed E-state index contributed by atoms with van der Waals surface area (Å²) in [4.78, 5) is 4.67. The minimum absolute atomic E-state index is 0.178. The van der Waals surface area contributed by atoms with Gasteiger partial charge in [-0.3, -0.25) is 4.68 Å². The number of nitrogens with zero attached hydrogens (tertiary/aromatic N) is 4. The highest BCUT2D eigenvalue weighted by Gasteiger charge is 2.26. The van der Waals surface area contributed by atoms with Crippen molar-refractivity contribution in [3.05, 3.63) is 84.8 Å². The molecule has 2 heterocycles. The van der Waals surface area contributed by atoms with Crippen molar-refractivity contribution in [1.82, 2.24) is 19.6 Å². The zero-order valence-corrected chi connectivity index (χ0v) is 17.4. The fourth-order valence-electron chi connectivity index (χ4n) is 3.47. The van der Waals surface area contributed by atoms with Gasteiger partial charge >= 0.3 is 0 Å². The highest BCUT2D eigenvalue weighted by Crippen LogP contribution is 2.27. The summed E-state index contributed by atoms with van der Waals surface area (Å²) in [5.74, 6) is -0.178. The number of hydrogen-bond donors (Lipinski definition) is 0. The van der Waals surface area contributed by atoms with Gasteiger partial charge < -0.3 is 9.80 Å². The van der Waals surface area contributed by atoms with Gasteiger partial charge in [0.25, 0.3) is 0 Å². The first kappa shape index (κ1) is 20.8. The normalized spacial score (nSPS) is 15.9. The molecule has 4 nitrogen and oxygen atoms in total. The quantitative estimate of drug-likeness (QED) is 0.652. The Kier molecular flexibility index (Phi) is 6.83. The van der Waals surface area contributed by atoms with Crippen LogP contribution in [0.2, 0.25) is 0 Å². The van der Waals surface area contributed by atoms with Crippen LogP contribution in [-0.4, -0.2) is 52.8 Å². The molecule has 1 aliphatic heterocycles. The highest BCUT2D eigenvalue weighted by atomic mass is 19.1. The molecule has 152 valence electrons. The minimum atomic E-state index is -0.178. The first-order valence-electron chi connectivity index (χ1n) is 9.86. The van der Waals surface area contributed by atoms with E-state index in [-0.39, 0.29) is 5.82 Å². The topological polar surface area (TPSA) is 24.3 Å². The van der Waals surface area contributed by atoms with E-state index in [1.807, 2.05) is 29.9 Å². The minimum Gasteiger partial charge on any atom is -0.369 e. The number of hydrogen-bond acceptors (Lipinski definition) is 3. The van der Waals surface area contributed by atoms with Gasteiger partial charge in [-0.25, -0.2) is 4.39 Å². The second-order valence-corrected chi connectivity index (χ2v) is 7.50. The third kappa shape index (κ3) is 5.33. The first-order valence-corrected chi connectivity index (χ1v) is 9.86. The number of aryl methyl sites for hydroxylation is 1. The van der Waals surface area contributed by atoms with E-state index in [0.717, 1.165) is 35.7 Å². The van der Waals surface area contributed by atoms with E-state index in [2.05, 4.69) is 53.8 Å². The van der Waals surface area contributed by atoms with Crippen molar-refractivity contribution in [2.24, 2.45) is 7.05 Å². The van der Waals surface area contributed by atoms with Crippen LogP contribution in [0, 0.1) is 5.82 Å². The van der Waals surface area contributed by atoms with E-state index in [1.165, 1.54) is 18.6 Å². The third-order valence-electron chi connectivity index (χ3n) is 5.25. The molecule has 0 radical (unpaired) electrons. The lowest BCUT2D eigenvalue weighted by Gasteiger charge is -2.23. The fraction of sp³-hybridized carbons (Fsp3) is 0.292. The van der Waals surface area contributed by atoms with E-state index in [0.29, 0.717) is 6.04 Å². The molecule has 1 aliphatic rings. The van der Waals surface area contributed by atoms with Crippen molar-refractivity contribution in [3.8, 4) is 11.3 Å². The second kappa shape index (κ2) is 9.52. The smallest absolute Gasteiger partial charge is 0.123 e. The van der Waals surface area contributed by atoms with Gasteiger partial charge in [0.15, 0.2) is 0 Å². The number of aromatic nitrogens is 2. The molecule has 1 unspecified atom stereocenters. The summed E-state index contributed by atoms with van der Waals surface area (Å²) in [5, 5.41) is 4.65. The van der Waals surface area contributed by atoms with E-state index in [4.69, 9.17) is 0 Å². The Balaban J connectivity index is 0.000000290. The van der Waals surface area contributed by atoms with Gasteiger partial charge in [-0.1, -0.05) is 55.1 Å². The Morgan fingerprint density at radius 3 is 2.21 bits per heavy atom. The van der Waals surface area contributed by atoms with Crippen molar-refractivity contribution >= 4 is 5.70 Å². The lowest BCUT2D eigenvalue weighted by molar-refractivity contribution is 0.298.